The highest BCUT2D eigenvalue weighted by molar-refractivity contribution is 7.11. The molecule has 3 rings (SSSR count). The zero-order chi connectivity index (χ0) is 15.4. The lowest BCUT2D eigenvalue weighted by atomic mass is 10.1. The number of aromatic nitrogens is 1. The third kappa shape index (κ3) is 3.72. The zero-order valence-electron chi connectivity index (χ0n) is 12.4. The zero-order valence-corrected chi connectivity index (χ0v) is 13.3. The Morgan fingerprint density at radius 1 is 1.32 bits per heavy atom. The number of carboxylic acid groups (broad SMARTS) is 1. The van der Waals surface area contributed by atoms with E-state index in [-0.39, 0.29) is 6.04 Å². The summed E-state index contributed by atoms with van der Waals surface area (Å²) in [7, 11) is 0. The minimum atomic E-state index is -0.702. The van der Waals surface area contributed by atoms with Gasteiger partial charge in [0.05, 0.1) is 5.01 Å². The number of carbonyl (C=O) groups is 1. The lowest BCUT2D eigenvalue weighted by molar-refractivity contribution is -0.142. The second-order valence-corrected chi connectivity index (χ2v) is 6.87. The van der Waals surface area contributed by atoms with Crippen molar-refractivity contribution in [3.05, 3.63) is 52.0 Å². The van der Waals surface area contributed by atoms with Gasteiger partial charge in [-0.15, -0.1) is 11.3 Å². The molecule has 1 saturated heterocycles. The molecule has 1 aliphatic heterocycles. The molecule has 22 heavy (non-hydrogen) atoms. The van der Waals surface area contributed by atoms with Crippen LogP contribution >= 0.6 is 11.3 Å². The monoisotopic (exact) mass is 316 g/mol. The molecule has 116 valence electrons. The number of carboxylic acids is 1. The summed E-state index contributed by atoms with van der Waals surface area (Å²) in [5, 5.41) is 10.4. The highest BCUT2D eigenvalue weighted by Gasteiger charge is 2.30. The van der Waals surface area contributed by atoms with Gasteiger partial charge in [0.1, 0.15) is 6.04 Å². The Hall–Kier alpha value is -1.72. The molecule has 0 aliphatic carbocycles. The normalized spacial score (nSPS) is 18.6. The Balaban J connectivity index is 1.56. The molecule has 0 unspecified atom stereocenters. The average Bonchev–Trinajstić information content (AvgIpc) is 3.16. The van der Waals surface area contributed by atoms with Crippen LogP contribution in [-0.4, -0.2) is 33.5 Å². The van der Waals surface area contributed by atoms with Gasteiger partial charge in [0.15, 0.2) is 0 Å². The molecule has 1 N–H and O–H groups in total. The second-order valence-electron chi connectivity index (χ2n) is 5.67. The van der Waals surface area contributed by atoms with Gasteiger partial charge in [-0.1, -0.05) is 30.3 Å². The van der Waals surface area contributed by atoms with Gasteiger partial charge in [0.2, 0.25) is 0 Å². The first-order chi connectivity index (χ1) is 10.7. The van der Waals surface area contributed by atoms with Gasteiger partial charge < -0.3 is 5.11 Å². The number of nitrogens with zero attached hydrogens (tertiary/aromatic N) is 2. The van der Waals surface area contributed by atoms with Crippen LogP contribution in [0.15, 0.2) is 36.5 Å². The number of likely N-dealkylation sites (tertiary alicyclic amines) is 1. The summed E-state index contributed by atoms with van der Waals surface area (Å²) in [5.41, 5.74) is 1.32. The fraction of sp³-hybridized carbons (Fsp3) is 0.412. The SMILES string of the molecule is O=C(O)[C@H]1CCCN1Cc1cnc(CCc2ccccc2)s1. The van der Waals surface area contributed by atoms with Gasteiger partial charge in [0, 0.05) is 24.0 Å². The molecular weight excluding hydrogens is 296 g/mol. The number of hydrogen-bond acceptors (Lipinski definition) is 4. The molecule has 1 atom stereocenters. The maximum Gasteiger partial charge on any atom is 0.320 e. The summed E-state index contributed by atoms with van der Waals surface area (Å²) >= 11 is 1.71. The Bertz CT molecular complexity index is 627. The van der Waals surface area contributed by atoms with Gasteiger partial charge in [-0.3, -0.25) is 9.69 Å². The molecule has 2 heterocycles. The molecule has 0 saturated carbocycles. The van der Waals surface area contributed by atoms with E-state index in [0.29, 0.717) is 6.54 Å². The first-order valence-corrected chi connectivity index (χ1v) is 8.48. The number of rotatable bonds is 6. The van der Waals surface area contributed by atoms with E-state index in [1.54, 1.807) is 11.3 Å². The van der Waals surface area contributed by atoms with Gasteiger partial charge in [-0.25, -0.2) is 4.98 Å². The summed E-state index contributed by atoms with van der Waals surface area (Å²) in [6.07, 6.45) is 5.57. The smallest absolute Gasteiger partial charge is 0.320 e. The molecule has 1 aromatic carbocycles. The summed E-state index contributed by atoms with van der Waals surface area (Å²) < 4.78 is 0. The number of aryl methyl sites for hydroxylation is 2. The molecule has 1 aromatic heterocycles. The van der Waals surface area contributed by atoms with Crippen molar-refractivity contribution in [2.24, 2.45) is 0 Å². The van der Waals surface area contributed by atoms with Crippen LogP contribution in [0.1, 0.15) is 28.3 Å². The largest absolute Gasteiger partial charge is 0.480 e. The molecule has 0 radical (unpaired) electrons. The molecule has 4 nitrogen and oxygen atoms in total. The molecule has 0 bridgehead atoms. The highest BCUT2D eigenvalue weighted by atomic mass is 32.1. The number of aliphatic carboxylic acids is 1. The fourth-order valence-electron chi connectivity index (χ4n) is 2.93. The van der Waals surface area contributed by atoms with E-state index < -0.39 is 5.97 Å². The maximum atomic E-state index is 11.2. The Kier molecular flexibility index (Phi) is 4.85. The first-order valence-electron chi connectivity index (χ1n) is 7.67. The van der Waals surface area contributed by atoms with Crippen LogP contribution in [0.4, 0.5) is 0 Å². The van der Waals surface area contributed by atoms with Crippen molar-refractivity contribution >= 4 is 17.3 Å². The Labute approximate surface area is 134 Å². The van der Waals surface area contributed by atoms with E-state index in [2.05, 4.69) is 34.1 Å². The summed E-state index contributed by atoms with van der Waals surface area (Å²) in [6.45, 7) is 1.58. The van der Waals surface area contributed by atoms with Crippen LogP contribution in [-0.2, 0) is 24.2 Å². The van der Waals surface area contributed by atoms with Crippen molar-refractivity contribution in [3.8, 4) is 0 Å². The van der Waals surface area contributed by atoms with Crippen molar-refractivity contribution in [3.63, 3.8) is 0 Å². The predicted octanol–water partition coefficient (Wildman–Crippen LogP) is 2.98. The summed E-state index contributed by atoms with van der Waals surface area (Å²) in [4.78, 5) is 18.9. The van der Waals surface area contributed by atoms with Crippen molar-refractivity contribution in [1.82, 2.24) is 9.88 Å². The number of thiazole rings is 1. The fourth-order valence-corrected chi connectivity index (χ4v) is 3.88. The molecule has 1 fully saturated rings. The van der Waals surface area contributed by atoms with Crippen LogP contribution in [0.2, 0.25) is 0 Å². The molecule has 0 spiro atoms. The predicted molar refractivity (Wildman–Crippen MR) is 87.0 cm³/mol. The lowest BCUT2D eigenvalue weighted by Gasteiger charge is -2.19. The molecule has 1 aliphatic rings. The minimum absolute atomic E-state index is 0.324. The Morgan fingerprint density at radius 3 is 2.91 bits per heavy atom. The Morgan fingerprint density at radius 2 is 2.14 bits per heavy atom. The van der Waals surface area contributed by atoms with Crippen molar-refractivity contribution < 1.29 is 9.90 Å². The molecule has 2 aromatic rings. The van der Waals surface area contributed by atoms with Crippen LogP contribution in [0.5, 0.6) is 0 Å². The summed E-state index contributed by atoms with van der Waals surface area (Å²) in [5.74, 6) is -0.702. The van der Waals surface area contributed by atoms with Gasteiger partial charge in [0.25, 0.3) is 0 Å². The quantitative estimate of drug-likeness (QED) is 0.890. The molecule has 5 heteroatoms. The van der Waals surface area contributed by atoms with Crippen LogP contribution in [0.3, 0.4) is 0 Å². The van der Waals surface area contributed by atoms with E-state index in [9.17, 15) is 9.90 Å². The number of benzene rings is 1. The third-order valence-electron chi connectivity index (χ3n) is 4.08. The minimum Gasteiger partial charge on any atom is -0.480 e. The van der Waals surface area contributed by atoms with Crippen molar-refractivity contribution in [1.29, 1.82) is 0 Å². The molecular formula is C17H20N2O2S. The average molecular weight is 316 g/mol. The first kappa shape index (κ1) is 15.2. The van der Waals surface area contributed by atoms with Crippen LogP contribution in [0.25, 0.3) is 0 Å². The van der Waals surface area contributed by atoms with Crippen LogP contribution in [0, 0.1) is 0 Å². The third-order valence-corrected chi connectivity index (χ3v) is 5.12. The van der Waals surface area contributed by atoms with Gasteiger partial charge in [-0.05, 0) is 31.4 Å². The number of hydrogen-bond donors (Lipinski definition) is 1. The van der Waals surface area contributed by atoms with E-state index in [1.807, 2.05) is 12.3 Å². The second kappa shape index (κ2) is 7.03. The maximum absolute atomic E-state index is 11.2. The summed E-state index contributed by atoms with van der Waals surface area (Å²) in [6, 6.07) is 10.1. The van der Waals surface area contributed by atoms with Gasteiger partial charge in [-0.2, -0.15) is 0 Å². The highest BCUT2D eigenvalue weighted by Crippen LogP contribution is 2.23. The van der Waals surface area contributed by atoms with Crippen molar-refractivity contribution in [2.75, 3.05) is 6.54 Å². The lowest BCUT2D eigenvalue weighted by Crippen LogP contribution is -2.35. The van der Waals surface area contributed by atoms with Crippen molar-refractivity contribution in [2.45, 2.75) is 38.3 Å². The van der Waals surface area contributed by atoms with E-state index >= 15 is 0 Å². The van der Waals surface area contributed by atoms with Gasteiger partial charge >= 0.3 is 5.97 Å². The topological polar surface area (TPSA) is 53.4 Å². The van der Waals surface area contributed by atoms with E-state index in [0.717, 1.165) is 42.1 Å². The van der Waals surface area contributed by atoms with E-state index in [1.165, 1.54) is 5.56 Å². The standard InChI is InChI=1S/C17H20N2O2S/c20-17(21)15-7-4-10-19(15)12-14-11-18-16(22-14)9-8-13-5-2-1-3-6-13/h1-3,5-6,11,15H,4,7-10,12H2,(H,20,21)/t15-/m1/s1. The van der Waals surface area contributed by atoms with E-state index in [4.69, 9.17) is 0 Å². The molecule has 0 amide bonds. The van der Waals surface area contributed by atoms with Crippen LogP contribution < -0.4 is 0 Å².